The third kappa shape index (κ3) is 4.49. The number of nitrogens with zero attached hydrogens (tertiary/aromatic N) is 2. The Bertz CT molecular complexity index is 1100. The van der Waals surface area contributed by atoms with Gasteiger partial charge in [-0.1, -0.05) is 54.6 Å². The van der Waals surface area contributed by atoms with Gasteiger partial charge in [0.05, 0.1) is 11.0 Å². The maximum absolute atomic E-state index is 13.2. The second-order valence-electron chi connectivity index (χ2n) is 8.33. The van der Waals surface area contributed by atoms with Gasteiger partial charge in [0, 0.05) is 25.8 Å². The molecule has 0 saturated carbocycles. The van der Waals surface area contributed by atoms with E-state index in [1.165, 1.54) is 6.20 Å². The van der Waals surface area contributed by atoms with Crippen LogP contribution in [0, 0.1) is 5.41 Å². The molecule has 3 N–H and O–H groups in total. The number of carbonyl (C=O) groups excluding carboxylic acids is 2. The van der Waals surface area contributed by atoms with Crippen molar-refractivity contribution in [3.05, 3.63) is 84.1 Å². The average molecular weight is 429 g/mol. The number of benzene rings is 2. The fourth-order valence-electron chi connectivity index (χ4n) is 4.40. The van der Waals surface area contributed by atoms with E-state index in [0.717, 1.165) is 16.7 Å². The van der Waals surface area contributed by atoms with Crippen LogP contribution < -0.4 is 11.1 Å². The van der Waals surface area contributed by atoms with Gasteiger partial charge in [-0.15, -0.1) is 0 Å². The van der Waals surface area contributed by atoms with Crippen molar-refractivity contribution >= 4 is 17.6 Å². The van der Waals surface area contributed by atoms with Gasteiger partial charge in [-0.2, -0.15) is 0 Å². The number of carbonyl (C=O) groups is 2. The molecule has 0 bridgehead atoms. The Morgan fingerprint density at radius 2 is 1.84 bits per heavy atom. The quantitative estimate of drug-likeness (QED) is 0.629. The second-order valence-corrected chi connectivity index (χ2v) is 8.33. The molecule has 2 amide bonds. The van der Waals surface area contributed by atoms with Gasteiger partial charge in [0.15, 0.2) is 0 Å². The predicted molar refractivity (Wildman–Crippen MR) is 126 cm³/mol. The van der Waals surface area contributed by atoms with Crippen molar-refractivity contribution < 1.29 is 9.59 Å². The molecular formula is C26H28N4O2. The van der Waals surface area contributed by atoms with Gasteiger partial charge in [0.1, 0.15) is 5.82 Å². The van der Waals surface area contributed by atoms with Gasteiger partial charge in [-0.25, -0.2) is 4.98 Å². The summed E-state index contributed by atoms with van der Waals surface area (Å²) in [6, 6.07) is 21.8. The van der Waals surface area contributed by atoms with Crippen molar-refractivity contribution in [2.75, 3.05) is 25.4 Å². The smallest absolute Gasteiger partial charge is 0.255 e. The fraction of sp³-hybridized carbons (Fsp3) is 0.269. The van der Waals surface area contributed by atoms with Crippen molar-refractivity contribution in [2.45, 2.75) is 19.8 Å². The number of likely N-dealkylation sites (tertiary alicyclic amines) is 1. The molecule has 6 heteroatoms. The van der Waals surface area contributed by atoms with Crippen LogP contribution in [0.15, 0.2) is 72.9 Å². The molecule has 4 rings (SSSR count). The highest BCUT2D eigenvalue weighted by Crippen LogP contribution is 2.36. The van der Waals surface area contributed by atoms with Gasteiger partial charge in [0.25, 0.3) is 5.91 Å². The predicted octanol–water partition coefficient (Wildman–Crippen LogP) is 3.54. The minimum atomic E-state index is -0.664. The van der Waals surface area contributed by atoms with Crippen LogP contribution in [0.1, 0.15) is 29.3 Å². The van der Waals surface area contributed by atoms with E-state index in [0.29, 0.717) is 43.9 Å². The standard InChI is InChI=1S/C26H28N4O2/c1-2-28-25(32)26(13-14-30(18-26)24(31)22-11-12-23(27)29-17-22)16-19-7-6-10-21(15-19)20-8-4-3-5-9-20/h3-12,15,17H,2,13-14,16,18H2,1H3,(H2,27,29)(H,28,32). The number of nitrogen functional groups attached to an aromatic ring is 1. The molecule has 6 nitrogen and oxygen atoms in total. The number of rotatable bonds is 6. The normalized spacial score (nSPS) is 17.8. The molecule has 0 aliphatic carbocycles. The maximum atomic E-state index is 13.2. The van der Waals surface area contributed by atoms with Crippen LogP contribution in [0.4, 0.5) is 5.82 Å². The first-order valence-corrected chi connectivity index (χ1v) is 10.9. The van der Waals surface area contributed by atoms with E-state index in [9.17, 15) is 9.59 Å². The topological polar surface area (TPSA) is 88.3 Å². The van der Waals surface area contributed by atoms with Crippen LogP contribution in [0.2, 0.25) is 0 Å². The number of hydrogen-bond donors (Lipinski definition) is 2. The van der Waals surface area contributed by atoms with Crippen molar-refractivity contribution in [2.24, 2.45) is 5.41 Å². The number of pyridine rings is 1. The summed E-state index contributed by atoms with van der Waals surface area (Å²) in [6.45, 7) is 3.37. The third-order valence-corrected chi connectivity index (χ3v) is 6.07. The molecule has 32 heavy (non-hydrogen) atoms. The van der Waals surface area contributed by atoms with E-state index in [1.807, 2.05) is 31.2 Å². The summed E-state index contributed by atoms with van der Waals surface area (Å²) < 4.78 is 0. The Morgan fingerprint density at radius 1 is 1.06 bits per heavy atom. The fourth-order valence-corrected chi connectivity index (χ4v) is 4.40. The van der Waals surface area contributed by atoms with Crippen LogP contribution in [-0.4, -0.2) is 41.3 Å². The summed E-state index contributed by atoms with van der Waals surface area (Å²) >= 11 is 0. The summed E-state index contributed by atoms with van der Waals surface area (Å²) in [7, 11) is 0. The van der Waals surface area contributed by atoms with E-state index in [4.69, 9.17) is 5.73 Å². The lowest BCUT2D eigenvalue weighted by atomic mass is 9.79. The zero-order valence-corrected chi connectivity index (χ0v) is 18.3. The molecule has 1 fully saturated rings. The SMILES string of the molecule is CCNC(=O)C1(Cc2cccc(-c3ccccc3)c2)CCN(C(=O)c2ccc(N)nc2)C1. The molecule has 2 aromatic carbocycles. The third-order valence-electron chi connectivity index (χ3n) is 6.07. The van der Waals surface area contributed by atoms with E-state index in [2.05, 4.69) is 40.6 Å². The largest absolute Gasteiger partial charge is 0.384 e. The Kier molecular flexibility index (Phi) is 6.21. The Hall–Kier alpha value is -3.67. The summed E-state index contributed by atoms with van der Waals surface area (Å²) in [5.74, 6) is 0.246. The monoisotopic (exact) mass is 428 g/mol. The average Bonchev–Trinajstić information content (AvgIpc) is 3.25. The molecule has 2 heterocycles. The van der Waals surface area contributed by atoms with Gasteiger partial charge >= 0.3 is 0 Å². The zero-order valence-electron chi connectivity index (χ0n) is 18.3. The number of nitrogens with one attached hydrogen (secondary N) is 1. The molecule has 1 saturated heterocycles. The molecule has 1 atom stereocenters. The number of hydrogen-bond acceptors (Lipinski definition) is 4. The van der Waals surface area contributed by atoms with Crippen molar-refractivity contribution in [1.82, 2.24) is 15.2 Å². The number of amides is 2. The highest BCUT2D eigenvalue weighted by molar-refractivity contribution is 5.95. The van der Waals surface area contributed by atoms with E-state index < -0.39 is 5.41 Å². The molecule has 0 spiro atoms. The van der Waals surface area contributed by atoms with E-state index in [1.54, 1.807) is 17.0 Å². The van der Waals surface area contributed by atoms with Crippen molar-refractivity contribution in [3.8, 4) is 11.1 Å². The van der Waals surface area contributed by atoms with E-state index in [-0.39, 0.29) is 11.8 Å². The number of nitrogens with two attached hydrogens (primary N) is 1. The molecule has 1 aromatic heterocycles. The van der Waals surface area contributed by atoms with Crippen LogP contribution in [0.3, 0.4) is 0 Å². The van der Waals surface area contributed by atoms with Crippen LogP contribution in [0.25, 0.3) is 11.1 Å². The van der Waals surface area contributed by atoms with Gasteiger partial charge in [-0.05, 0) is 48.6 Å². The summed E-state index contributed by atoms with van der Waals surface area (Å²) in [5, 5.41) is 3.00. The number of aromatic nitrogens is 1. The molecule has 164 valence electrons. The zero-order chi connectivity index (χ0) is 22.6. The maximum Gasteiger partial charge on any atom is 0.255 e. The summed E-state index contributed by atoms with van der Waals surface area (Å²) in [5.41, 5.74) is 8.81. The molecule has 1 unspecified atom stereocenters. The lowest BCUT2D eigenvalue weighted by molar-refractivity contribution is -0.130. The molecule has 0 radical (unpaired) electrons. The lowest BCUT2D eigenvalue weighted by Crippen LogP contribution is -2.45. The number of anilines is 1. The second kappa shape index (κ2) is 9.22. The summed E-state index contributed by atoms with van der Waals surface area (Å²) in [4.78, 5) is 32.0. The molecule has 1 aliphatic rings. The first-order chi connectivity index (χ1) is 15.5. The highest BCUT2D eigenvalue weighted by atomic mass is 16.2. The Balaban J connectivity index is 1.59. The minimum Gasteiger partial charge on any atom is -0.384 e. The molecule has 3 aromatic rings. The van der Waals surface area contributed by atoms with Crippen LogP contribution in [-0.2, 0) is 11.2 Å². The van der Waals surface area contributed by atoms with Gasteiger partial charge in [-0.3, -0.25) is 9.59 Å². The van der Waals surface area contributed by atoms with Gasteiger partial charge < -0.3 is 16.0 Å². The first-order valence-electron chi connectivity index (χ1n) is 10.9. The molecular weight excluding hydrogens is 400 g/mol. The Labute approximate surface area is 188 Å². The van der Waals surface area contributed by atoms with Crippen LogP contribution >= 0.6 is 0 Å². The van der Waals surface area contributed by atoms with E-state index >= 15 is 0 Å². The highest BCUT2D eigenvalue weighted by Gasteiger charge is 2.46. The summed E-state index contributed by atoms with van der Waals surface area (Å²) in [6.07, 6.45) is 2.68. The van der Waals surface area contributed by atoms with Crippen LogP contribution in [0.5, 0.6) is 0 Å². The van der Waals surface area contributed by atoms with Crippen molar-refractivity contribution in [1.29, 1.82) is 0 Å². The molecule has 1 aliphatic heterocycles. The van der Waals surface area contributed by atoms with Crippen molar-refractivity contribution in [3.63, 3.8) is 0 Å². The van der Waals surface area contributed by atoms with Gasteiger partial charge in [0.2, 0.25) is 5.91 Å². The Morgan fingerprint density at radius 3 is 2.56 bits per heavy atom. The lowest BCUT2D eigenvalue weighted by Gasteiger charge is -2.28. The minimum absolute atomic E-state index is 0.00385. The first kappa shape index (κ1) is 21.6.